The van der Waals surface area contributed by atoms with Gasteiger partial charge in [-0.3, -0.25) is 15.0 Å². The number of hydrogen-bond donors (Lipinski definition) is 2. The molecule has 23 heavy (non-hydrogen) atoms. The lowest BCUT2D eigenvalue weighted by Gasteiger charge is -2.18. The third-order valence-corrected chi connectivity index (χ3v) is 3.49. The van der Waals surface area contributed by atoms with E-state index in [2.05, 4.69) is 0 Å². The highest BCUT2D eigenvalue weighted by Crippen LogP contribution is 2.18. The normalized spacial score (nSPS) is 17.0. The SMILES string of the molecule is CC(C)N1CC(=C(N)OC(=N)Cc2ccc(F)cc2)C(=O)C1=O. The monoisotopic (exact) mass is 319 g/mol. The summed E-state index contributed by atoms with van der Waals surface area (Å²) < 4.78 is 18.0. The quantitative estimate of drug-likeness (QED) is 0.288. The molecular formula is C16H18FN3O3. The molecule has 0 bridgehead atoms. The number of benzene rings is 1. The maximum Gasteiger partial charge on any atom is 0.295 e. The van der Waals surface area contributed by atoms with Gasteiger partial charge in [-0.2, -0.15) is 0 Å². The second-order valence-corrected chi connectivity index (χ2v) is 5.53. The van der Waals surface area contributed by atoms with Gasteiger partial charge in [0.25, 0.3) is 11.7 Å². The number of rotatable bonds is 4. The van der Waals surface area contributed by atoms with Gasteiger partial charge in [0, 0.05) is 12.5 Å². The predicted molar refractivity (Wildman–Crippen MR) is 82.0 cm³/mol. The van der Waals surface area contributed by atoms with Crippen molar-refractivity contribution in [2.45, 2.75) is 26.3 Å². The number of carbonyl (C=O) groups excluding carboxylic acids is 2. The maximum atomic E-state index is 12.8. The molecule has 0 saturated carbocycles. The van der Waals surface area contributed by atoms with Crippen LogP contribution in [0.15, 0.2) is 35.7 Å². The van der Waals surface area contributed by atoms with Crippen LogP contribution in [0.2, 0.25) is 0 Å². The Bertz CT molecular complexity index is 680. The molecule has 0 aliphatic carbocycles. The number of nitrogens with one attached hydrogen (secondary N) is 1. The van der Waals surface area contributed by atoms with Crippen LogP contribution in [0.5, 0.6) is 0 Å². The van der Waals surface area contributed by atoms with Gasteiger partial charge in [0.1, 0.15) is 5.82 Å². The first kappa shape index (κ1) is 16.7. The average Bonchev–Trinajstić information content (AvgIpc) is 2.78. The smallest absolute Gasteiger partial charge is 0.295 e. The van der Waals surface area contributed by atoms with E-state index in [1.54, 1.807) is 13.8 Å². The van der Waals surface area contributed by atoms with Gasteiger partial charge < -0.3 is 15.4 Å². The van der Waals surface area contributed by atoms with Crippen LogP contribution in [0, 0.1) is 11.2 Å². The molecule has 1 saturated heterocycles. The highest BCUT2D eigenvalue weighted by Gasteiger charge is 2.38. The molecule has 1 amide bonds. The van der Waals surface area contributed by atoms with Gasteiger partial charge in [0.05, 0.1) is 12.1 Å². The molecule has 0 atom stereocenters. The molecule has 122 valence electrons. The number of nitrogens with two attached hydrogens (primary N) is 1. The van der Waals surface area contributed by atoms with Crippen LogP contribution in [0.25, 0.3) is 0 Å². The second kappa shape index (κ2) is 6.60. The molecule has 3 N–H and O–H groups in total. The molecule has 0 unspecified atom stereocenters. The van der Waals surface area contributed by atoms with Crippen LogP contribution < -0.4 is 5.73 Å². The molecule has 0 radical (unpaired) electrons. The van der Waals surface area contributed by atoms with Crippen LogP contribution in [-0.2, 0) is 20.7 Å². The third kappa shape index (κ3) is 3.74. The van der Waals surface area contributed by atoms with E-state index in [1.165, 1.54) is 29.2 Å². The fourth-order valence-electron chi connectivity index (χ4n) is 2.20. The lowest BCUT2D eigenvalue weighted by molar-refractivity contribution is -0.140. The minimum atomic E-state index is -0.703. The van der Waals surface area contributed by atoms with Crippen LogP contribution in [0.4, 0.5) is 4.39 Å². The van der Waals surface area contributed by atoms with Crippen LogP contribution >= 0.6 is 0 Å². The second-order valence-electron chi connectivity index (χ2n) is 5.53. The van der Waals surface area contributed by atoms with Crippen LogP contribution in [0.3, 0.4) is 0 Å². The zero-order valence-electron chi connectivity index (χ0n) is 12.9. The van der Waals surface area contributed by atoms with Gasteiger partial charge in [-0.1, -0.05) is 12.1 Å². The molecule has 0 aromatic heterocycles. The highest BCUT2D eigenvalue weighted by molar-refractivity contribution is 6.45. The molecule has 0 spiro atoms. The number of Topliss-reactive ketones (excluding diaryl/α,β-unsaturated/α-hetero) is 1. The van der Waals surface area contributed by atoms with E-state index in [0.717, 1.165) is 0 Å². The Hall–Kier alpha value is -2.70. The summed E-state index contributed by atoms with van der Waals surface area (Å²) in [4.78, 5) is 25.1. The number of halogens is 1. The summed E-state index contributed by atoms with van der Waals surface area (Å²) in [5.74, 6) is -2.12. The zero-order chi connectivity index (χ0) is 17.1. The predicted octanol–water partition coefficient (Wildman–Crippen LogP) is 1.35. The summed E-state index contributed by atoms with van der Waals surface area (Å²) in [6, 6.07) is 5.49. The zero-order valence-corrected chi connectivity index (χ0v) is 12.9. The lowest BCUT2D eigenvalue weighted by Crippen LogP contribution is -2.33. The molecule has 1 heterocycles. The largest absolute Gasteiger partial charge is 0.427 e. The summed E-state index contributed by atoms with van der Waals surface area (Å²) in [5.41, 5.74) is 6.47. The number of amides is 1. The van der Waals surface area contributed by atoms with Crippen LogP contribution in [-0.4, -0.2) is 35.1 Å². The van der Waals surface area contributed by atoms with Crippen molar-refractivity contribution in [2.75, 3.05) is 6.54 Å². The highest BCUT2D eigenvalue weighted by atomic mass is 19.1. The van der Waals surface area contributed by atoms with E-state index in [4.69, 9.17) is 15.9 Å². The van der Waals surface area contributed by atoms with E-state index in [1.807, 2.05) is 0 Å². The van der Waals surface area contributed by atoms with Gasteiger partial charge >= 0.3 is 0 Å². The first-order valence-electron chi connectivity index (χ1n) is 7.13. The maximum absolute atomic E-state index is 12.8. The van der Waals surface area contributed by atoms with Crippen molar-refractivity contribution in [3.05, 3.63) is 47.1 Å². The van der Waals surface area contributed by atoms with E-state index in [0.29, 0.717) is 5.56 Å². The molecule has 1 fully saturated rings. The Balaban J connectivity index is 2.07. The number of ether oxygens (including phenoxy) is 1. The van der Waals surface area contributed by atoms with Crippen molar-refractivity contribution in [1.29, 1.82) is 5.41 Å². The summed E-state index contributed by atoms with van der Waals surface area (Å²) >= 11 is 0. The number of nitrogens with zero attached hydrogens (tertiary/aromatic N) is 1. The Morgan fingerprint density at radius 1 is 1.35 bits per heavy atom. The summed E-state index contributed by atoms with van der Waals surface area (Å²) in [6.45, 7) is 3.66. The summed E-state index contributed by atoms with van der Waals surface area (Å²) in [6.07, 6.45) is 0.101. The minimum absolute atomic E-state index is 0.0626. The van der Waals surface area contributed by atoms with Gasteiger partial charge in [-0.15, -0.1) is 0 Å². The first-order valence-corrected chi connectivity index (χ1v) is 7.13. The van der Waals surface area contributed by atoms with Crippen molar-refractivity contribution in [2.24, 2.45) is 5.73 Å². The van der Waals surface area contributed by atoms with Crippen molar-refractivity contribution < 1.29 is 18.7 Å². The number of likely N-dealkylation sites (tertiary alicyclic amines) is 1. The van der Waals surface area contributed by atoms with Gasteiger partial charge in [0.2, 0.25) is 5.88 Å². The molecule has 1 aromatic carbocycles. The fraction of sp³-hybridized carbons (Fsp3) is 0.312. The average molecular weight is 319 g/mol. The number of carbonyl (C=O) groups is 2. The molecule has 7 heteroatoms. The molecule has 6 nitrogen and oxygen atoms in total. The van der Waals surface area contributed by atoms with E-state index >= 15 is 0 Å². The van der Waals surface area contributed by atoms with Gasteiger partial charge in [0.15, 0.2) is 5.90 Å². The Morgan fingerprint density at radius 3 is 2.48 bits per heavy atom. The van der Waals surface area contributed by atoms with Crippen molar-refractivity contribution in [3.63, 3.8) is 0 Å². The first-order chi connectivity index (χ1) is 10.8. The topological polar surface area (TPSA) is 96.5 Å². The van der Waals surface area contributed by atoms with Gasteiger partial charge in [-0.05, 0) is 31.5 Å². The number of ketones is 1. The molecule has 1 aliphatic heterocycles. The Labute approximate surface area is 133 Å². The fourth-order valence-corrected chi connectivity index (χ4v) is 2.20. The third-order valence-electron chi connectivity index (χ3n) is 3.49. The van der Waals surface area contributed by atoms with E-state index in [-0.39, 0.29) is 42.2 Å². The molecule has 1 aromatic rings. The van der Waals surface area contributed by atoms with Crippen molar-refractivity contribution in [3.8, 4) is 0 Å². The molecular weight excluding hydrogens is 301 g/mol. The van der Waals surface area contributed by atoms with E-state index in [9.17, 15) is 14.0 Å². The lowest BCUT2D eigenvalue weighted by atomic mass is 10.1. The number of hydrogen-bond acceptors (Lipinski definition) is 5. The van der Waals surface area contributed by atoms with Crippen molar-refractivity contribution in [1.82, 2.24) is 4.90 Å². The molecule has 1 aliphatic rings. The Morgan fingerprint density at radius 2 is 1.96 bits per heavy atom. The minimum Gasteiger partial charge on any atom is -0.427 e. The Kier molecular flexibility index (Phi) is 4.78. The van der Waals surface area contributed by atoms with Crippen molar-refractivity contribution >= 4 is 17.6 Å². The molecule has 2 rings (SSSR count). The van der Waals surface area contributed by atoms with E-state index < -0.39 is 11.7 Å². The standard InChI is InChI=1S/C16H18FN3O3/c1-9(2)20-8-12(14(21)16(20)22)15(19)23-13(18)7-10-3-5-11(17)6-4-10/h3-6,9,18H,7-8,19H2,1-2H3. The van der Waals surface area contributed by atoms with Gasteiger partial charge in [-0.25, -0.2) is 4.39 Å². The summed E-state index contributed by atoms with van der Waals surface area (Å²) in [5, 5.41) is 7.79. The summed E-state index contributed by atoms with van der Waals surface area (Å²) in [7, 11) is 0. The van der Waals surface area contributed by atoms with Crippen LogP contribution in [0.1, 0.15) is 19.4 Å².